The lowest BCUT2D eigenvalue weighted by molar-refractivity contribution is -0.118. The van der Waals surface area contributed by atoms with Crippen molar-refractivity contribution in [3.63, 3.8) is 0 Å². The van der Waals surface area contributed by atoms with Gasteiger partial charge in [0.1, 0.15) is 5.78 Å². The Bertz CT molecular complexity index is 390. The van der Waals surface area contributed by atoms with Crippen LogP contribution < -0.4 is 5.73 Å². The van der Waals surface area contributed by atoms with E-state index in [9.17, 15) is 4.79 Å². The molecule has 2 N–H and O–H groups in total. The minimum absolute atomic E-state index is 0.232. The Morgan fingerprint density at radius 1 is 1.47 bits per heavy atom. The van der Waals surface area contributed by atoms with Crippen LogP contribution in [0.25, 0.3) is 0 Å². The maximum atomic E-state index is 11.8. The number of hydrogen-bond acceptors (Lipinski definition) is 2. The number of hydrogen-bond donors (Lipinski definition) is 1. The second-order valence-corrected chi connectivity index (χ2v) is 5.10. The van der Waals surface area contributed by atoms with E-state index in [0.717, 1.165) is 17.5 Å². The van der Waals surface area contributed by atoms with Gasteiger partial charge in [-0.15, -0.1) is 0 Å². The second kappa shape index (κ2) is 6.77. The van der Waals surface area contributed by atoms with Crippen molar-refractivity contribution < 1.29 is 4.79 Å². The Morgan fingerprint density at radius 2 is 2.18 bits per heavy atom. The molecule has 1 unspecified atom stereocenters. The highest BCUT2D eigenvalue weighted by Gasteiger charge is 2.09. The fraction of sp³-hybridized carbons (Fsp3) is 0.500. The first-order valence-electron chi connectivity index (χ1n) is 5.99. The summed E-state index contributed by atoms with van der Waals surface area (Å²) >= 11 is 6.09. The summed E-state index contributed by atoms with van der Waals surface area (Å²) in [5.74, 6) is 0.642. The van der Waals surface area contributed by atoms with Crippen molar-refractivity contribution in [2.45, 2.75) is 33.1 Å². The molecule has 3 heteroatoms. The van der Waals surface area contributed by atoms with E-state index in [1.165, 1.54) is 0 Å². The zero-order valence-corrected chi connectivity index (χ0v) is 11.3. The van der Waals surface area contributed by atoms with Gasteiger partial charge in [0.25, 0.3) is 0 Å². The molecule has 0 saturated heterocycles. The van der Waals surface area contributed by atoms with Gasteiger partial charge in [-0.1, -0.05) is 30.7 Å². The molecule has 94 valence electrons. The molecule has 0 radical (unpaired) electrons. The average Bonchev–Trinajstić information content (AvgIpc) is 2.29. The number of carbonyl (C=O) groups is 1. The van der Waals surface area contributed by atoms with E-state index in [0.29, 0.717) is 30.3 Å². The van der Waals surface area contributed by atoms with Crippen LogP contribution in [0.1, 0.15) is 30.9 Å². The molecule has 0 aliphatic rings. The van der Waals surface area contributed by atoms with Crippen LogP contribution in [0.4, 0.5) is 0 Å². The third-order valence-corrected chi connectivity index (χ3v) is 3.27. The number of aryl methyl sites for hydroxylation is 1. The highest BCUT2D eigenvalue weighted by Crippen LogP contribution is 2.19. The SMILES string of the molecule is Cc1ccc(CC(=O)CCC(C)CN)c(Cl)c1. The Hall–Kier alpha value is -0.860. The van der Waals surface area contributed by atoms with Crippen molar-refractivity contribution in [2.75, 3.05) is 6.54 Å². The Morgan fingerprint density at radius 3 is 2.76 bits per heavy atom. The topological polar surface area (TPSA) is 43.1 Å². The number of benzene rings is 1. The van der Waals surface area contributed by atoms with Crippen LogP contribution in [0.2, 0.25) is 5.02 Å². The molecule has 1 aromatic carbocycles. The van der Waals surface area contributed by atoms with E-state index < -0.39 is 0 Å². The monoisotopic (exact) mass is 253 g/mol. The number of rotatable bonds is 6. The maximum Gasteiger partial charge on any atom is 0.137 e. The minimum Gasteiger partial charge on any atom is -0.330 e. The molecule has 0 aliphatic heterocycles. The van der Waals surface area contributed by atoms with E-state index in [1.807, 2.05) is 25.1 Å². The zero-order chi connectivity index (χ0) is 12.8. The van der Waals surface area contributed by atoms with Gasteiger partial charge in [-0.2, -0.15) is 0 Å². The summed E-state index contributed by atoms with van der Waals surface area (Å²) in [7, 11) is 0. The maximum absolute atomic E-state index is 11.8. The lowest BCUT2D eigenvalue weighted by Gasteiger charge is -2.08. The van der Waals surface area contributed by atoms with Crippen LogP contribution in [0.3, 0.4) is 0 Å². The number of ketones is 1. The van der Waals surface area contributed by atoms with Gasteiger partial charge < -0.3 is 5.73 Å². The molecule has 2 nitrogen and oxygen atoms in total. The molecule has 0 aliphatic carbocycles. The van der Waals surface area contributed by atoms with Crippen molar-refractivity contribution in [2.24, 2.45) is 11.7 Å². The van der Waals surface area contributed by atoms with Gasteiger partial charge in [0.15, 0.2) is 0 Å². The molecule has 0 heterocycles. The van der Waals surface area contributed by atoms with Gasteiger partial charge in [-0.25, -0.2) is 0 Å². The molecule has 1 rings (SSSR count). The molecule has 0 bridgehead atoms. The molecular formula is C14H20ClNO. The predicted octanol–water partition coefficient (Wildman–Crippen LogP) is 3.14. The van der Waals surface area contributed by atoms with Crippen LogP contribution in [0.5, 0.6) is 0 Å². The van der Waals surface area contributed by atoms with Crippen LogP contribution in [0.15, 0.2) is 18.2 Å². The molecule has 0 amide bonds. The predicted molar refractivity (Wildman–Crippen MR) is 72.4 cm³/mol. The average molecular weight is 254 g/mol. The first-order valence-corrected chi connectivity index (χ1v) is 6.37. The molecule has 0 saturated carbocycles. The third-order valence-electron chi connectivity index (χ3n) is 2.91. The van der Waals surface area contributed by atoms with E-state index in [-0.39, 0.29) is 5.78 Å². The fourth-order valence-electron chi connectivity index (χ4n) is 1.62. The Kier molecular flexibility index (Phi) is 5.66. The molecule has 0 spiro atoms. The highest BCUT2D eigenvalue weighted by molar-refractivity contribution is 6.31. The number of Topliss-reactive ketones (excluding diaryl/α,β-unsaturated/α-hetero) is 1. The van der Waals surface area contributed by atoms with E-state index >= 15 is 0 Å². The molecule has 17 heavy (non-hydrogen) atoms. The van der Waals surface area contributed by atoms with Crippen molar-refractivity contribution >= 4 is 17.4 Å². The first-order chi connectivity index (χ1) is 8.02. The van der Waals surface area contributed by atoms with Crippen LogP contribution in [0, 0.1) is 12.8 Å². The van der Waals surface area contributed by atoms with Gasteiger partial charge in [0.2, 0.25) is 0 Å². The normalized spacial score (nSPS) is 12.5. The summed E-state index contributed by atoms with van der Waals surface area (Å²) in [6.07, 6.45) is 1.87. The summed E-state index contributed by atoms with van der Waals surface area (Å²) < 4.78 is 0. The molecular weight excluding hydrogens is 234 g/mol. The van der Waals surface area contributed by atoms with Crippen molar-refractivity contribution in [3.05, 3.63) is 34.3 Å². The van der Waals surface area contributed by atoms with Gasteiger partial charge in [-0.05, 0) is 43.0 Å². The second-order valence-electron chi connectivity index (χ2n) is 4.69. The minimum atomic E-state index is 0.232. The third kappa shape index (κ3) is 4.88. The van der Waals surface area contributed by atoms with Crippen molar-refractivity contribution in [3.8, 4) is 0 Å². The van der Waals surface area contributed by atoms with Crippen LogP contribution in [-0.4, -0.2) is 12.3 Å². The van der Waals surface area contributed by atoms with Gasteiger partial charge in [-0.3, -0.25) is 4.79 Å². The lowest BCUT2D eigenvalue weighted by atomic mass is 9.99. The molecule has 1 aromatic rings. The Balaban J connectivity index is 2.50. The molecule has 0 aromatic heterocycles. The standard InChI is InChI=1S/C14H20ClNO/c1-10-3-5-12(14(15)7-10)8-13(17)6-4-11(2)9-16/h3,5,7,11H,4,6,8-9,16H2,1-2H3. The van der Waals surface area contributed by atoms with E-state index in [2.05, 4.69) is 6.92 Å². The van der Waals surface area contributed by atoms with Gasteiger partial charge in [0, 0.05) is 17.9 Å². The summed E-state index contributed by atoms with van der Waals surface area (Å²) in [6, 6.07) is 5.81. The quantitative estimate of drug-likeness (QED) is 0.847. The zero-order valence-electron chi connectivity index (χ0n) is 10.5. The van der Waals surface area contributed by atoms with Crippen LogP contribution in [-0.2, 0) is 11.2 Å². The van der Waals surface area contributed by atoms with Crippen molar-refractivity contribution in [1.29, 1.82) is 0 Å². The van der Waals surface area contributed by atoms with Gasteiger partial charge >= 0.3 is 0 Å². The van der Waals surface area contributed by atoms with Gasteiger partial charge in [0.05, 0.1) is 0 Å². The summed E-state index contributed by atoms with van der Waals surface area (Å²) in [6.45, 7) is 4.69. The Labute approximate surface area is 108 Å². The van der Waals surface area contributed by atoms with E-state index in [1.54, 1.807) is 0 Å². The number of nitrogens with two attached hydrogens (primary N) is 1. The fourth-order valence-corrected chi connectivity index (χ4v) is 1.92. The number of carbonyl (C=O) groups excluding carboxylic acids is 1. The van der Waals surface area contributed by atoms with E-state index in [4.69, 9.17) is 17.3 Å². The highest BCUT2D eigenvalue weighted by atomic mass is 35.5. The number of halogens is 1. The van der Waals surface area contributed by atoms with Crippen molar-refractivity contribution in [1.82, 2.24) is 0 Å². The summed E-state index contributed by atoms with van der Waals surface area (Å²) in [5, 5.41) is 0.685. The molecule has 1 atom stereocenters. The largest absolute Gasteiger partial charge is 0.330 e. The summed E-state index contributed by atoms with van der Waals surface area (Å²) in [5.41, 5.74) is 7.55. The lowest BCUT2D eigenvalue weighted by Crippen LogP contribution is -2.13. The van der Waals surface area contributed by atoms with Crippen LogP contribution >= 0.6 is 11.6 Å². The smallest absolute Gasteiger partial charge is 0.137 e. The summed E-state index contributed by atoms with van der Waals surface area (Å²) in [4.78, 5) is 11.8. The first kappa shape index (κ1) is 14.2. The molecule has 0 fully saturated rings.